The zero-order valence-electron chi connectivity index (χ0n) is 11.4. The molecule has 6 heteroatoms. The molecule has 0 spiro atoms. The number of H-pyrrole nitrogens is 1. The standard InChI is InChI=1S/C16H12N2O4/c19-15(10-5-7-11(8-6-10)18(21)22)16(20)13-9-17-14-4-2-1-3-12(13)14/h1-9,16-17,20H. The van der Waals surface area contributed by atoms with Gasteiger partial charge in [-0.1, -0.05) is 18.2 Å². The van der Waals surface area contributed by atoms with Gasteiger partial charge < -0.3 is 10.1 Å². The van der Waals surface area contributed by atoms with Gasteiger partial charge in [-0.05, 0) is 18.2 Å². The van der Waals surface area contributed by atoms with Crippen LogP contribution in [-0.4, -0.2) is 20.8 Å². The molecule has 1 unspecified atom stereocenters. The fourth-order valence-electron chi connectivity index (χ4n) is 2.37. The number of Topliss-reactive ketones (excluding diaryl/α,β-unsaturated/α-hetero) is 1. The SMILES string of the molecule is O=C(c1ccc([N+](=O)[O-])cc1)C(O)c1c[nH]c2ccccc12. The molecular weight excluding hydrogens is 284 g/mol. The molecule has 110 valence electrons. The summed E-state index contributed by atoms with van der Waals surface area (Å²) in [4.78, 5) is 25.4. The minimum atomic E-state index is -1.32. The first-order valence-corrected chi connectivity index (χ1v) is 6.60. The van der Waals surface area contributed by atoms with Crippen LogP contribution in [0.15, 0.2) is 54.7 Å². The molecule has 6 nitrogen and oxygen atoms in total. The number of aromatic nitrogens is 1. The Hall–Kier alpha value is -2.99. The van der Waals surface area contributed by atoms with Gasteiger partial charge in [-0.15, -0.1) is 0 Å². The van der Waals surface area contributed by atoms with Crippen molar-refractivity contribution in [3.8, 4) is 0 Å². The van der Waals surface area contributed by atoms with E-state index in [0.29, 0.717) is 5.56 Å². The number of nitrogens with one attached hydrogen (secondary N) is 1. The molecule has 1 heterocycles. The third kappa shape index (κ3) is 2.36. The Morgan fingerprint density at radius 2 is 1.82 bits per heavy atom. The summed E-state index contributed by atoms with van der Waals surface area (Å²) in [5.74, 6) is -0.500. The van der Waals surface area contributed by atoms with Crippen molar-refractivity contribution in [3.63, 3.8) is 0 Å². The molecule has 1 aromatic heterocycles. The Kier molecular flexibility index (Phi) is 3.44. The number of aromatic amines is 1. The van der Waals surface area contributed by atoms with Crippen molar-refractivity contribution in [3.05, 3.63) is 76.0 Å². The largest absolute Gasteiger partial charge is 0.380 e. The zero-order valence-corrected chi connectivity index (χ0v) is 11.4. The van der Waals surface area contributed by atoms with E-state index in [2.05, 4.69) is 4.98 Å². The van der Waals surface area contributed by atoms with E-state index in [1.807, 2.05) is 24.3 Å². The van der Waals surface area contributed by atoms with Gasteiger partial charge in [0.05, 0.1) is 4.92 Å². The molecule has 0 saturated carbocycles. The minimum absolute atomic E-state index is 0.0989. The minimum Gasteiger partial charge on any atom is -0.380 e. The number of carbonyl (C=O) groups is 1. The summed E-state index contributed by atoms with van der Waals surface area (Å²) in [5, 5.41) is 21.7. The van der Waals surface area contributed by atoms with E-state index in [4.69, 9.17) is 0 Å². The number of hydrogen-bond acceptors (Lipinski definition) is 4. The quantitative estimate of drug-likeness (QED) is 0.439. The van der Waals surface area contributed by atoms with E-state index in [1.165, 1.54) is 24.3 Å². The first-order valence-electron chi connectivity index (χ1n) is 6.60. The van der Waals surface area contributed by atoms with Crippen LogP contribution in [0.3, 0.4) is 0 Å². The Morgan fingerprint density at radius 1 is 1.14 bits per heavy atom. The van der Waals surface area contributed by atoms with Gasteiger partial charge in [-0.2, -0.15) is 0 Å². The summed E-state index contributed by atoms with van der Waals surface area (Å²) in [6, 6.07) is 12.5. The summed E-state index contributed by atoms with van der Waals surface area (Å²) in [7, 11) is 0. The van der Waals surface area contributed by atoms with Gasteiger partial charge in [0.1, 0.15) is 6.10 Å². The van der Waals surface area contributed by atoms with Crippen LogP contribution < -0.4 is 0 Å². The molecule has 0 radical (unpaired) electrons. The number of nitro groups is 1. The number of fused-ring (bicyclic) bond motifs is 1. The van der Waals surface area contributed by atoms with Crippen molar-refractivity contribution >= 4 is 22.4 Å². The Labute approximate surface area is 125 Å². The van der Waals surface area contributed by atoms with Crippen molar-refractivity contribution in [1.82, 2.24) is 4.98 Å². The molecule has 3 rings (SSSR count). The number of aliphatic hydroxyl groups is 1. The lowest BCUT2D eigenvalue weighted by atomic mass is 9.99. The molecule has 0 aliphatic rings. The van der Waals surface area contributed by atoms with Crippen LogP contribution in [0.2, 0.25) is 0 Å². The third-order valence-corrected chi connectivity index (χ3v) is 3.53. The number of para-hydroxylation sites is 1. The summed E-state index contributed by atoms with van der Waals surface area (Å²) in [6.07, 6.45) is 0.274. The number of hydrogen-bond donors (Lipinski definition) is 2. The number of carbonyl (C=O) groups excluding carboxylic acids is 1. The van der Waals surface area contributed by atoms with Crippen molar-refractivity contribution in [1.29, 1.82) is 0 Å². The molecule has 0 bridgehead atoms. The lowest BCUT2D eigenvalue weighted by Gasteiger charge is -2.08. The average Bonchev–Trinajstić information content (AvgIpc) is 2.97. The lowest BCUT2D eigenvalue weighted by molar-refractivity contribution is -0.384. The van der Waals surface area contributed by atoms with E-state index >= 15 is 0 Å². The Morgan fingerprint density at radius 3 is 2.50 bits per heavy atom. The van der Waals surface area contributed by atoms with Crippen LogP contribution in [0.5, 0.6) is 0 Å². The maximum atomic E-state index is 12.3. The van der Waals surface area contributed by atoms with E-state index in [0.717, 1.165) is 10.9 Å². The molecule has 2 N–H and O–H groups in total. The summed E-state index contributed by atoms with van der Waals surface area (Å²) < 4.78 is 0. The van der Waals surface area contributed by atoms with Gasteiger partial charge in [0.2, 0.25) is 0 Å². The van der Waals surface area contributed by atoms with E-state index < -0.39 is 16.8 Å². The predicted octanol–water partition coefficient (Wildman–Crippen LogP) is 2.99. The molecule has 3 aromatic rings. The molecule has 0 fully saturated rings. The number of rotatable bonds is 4. The highest BCUT2D eigenvalue weighted by Crippen LogP contribution is 2.27. The van der Waals surface area contributed by atoms with E-state index in [9.17, 15) is 20.0 Å². The predicted molar refractivity (Wildman–Crippen MR) is 80.7 cm³/mol. The Bertz CT molecular complexity index is 852. The highest BCUT2D eigenvalue weighted by atomic mass is 16.6. The molecule has 2 aromatic carbocycles. The zero-order chi connectivity index (χ0) is 15.7. The van der Waals surface area contributed by atoms with Gasteiger partial charge in [0, 0.05) is 40.4 Å². The van der Waals surface area contributed by atoms with Gasteiger partial charge in [-0.3, -0.25) is 14.9 Å². The molecule has 0 aliphatic heterocycles. The number of nitrogens with zero attached hydrogens (tertiary/aromatic N) is 1. The number of aliphatic hydroxyl groups excluding tert-OH is 1. The van der Waals surface area contributed by atoms with Crippen molar-refractivity contribution in [2.24, 2.45) is 0 Å². The van der Waals surface area contributed by atoms with Crippen LogP contribution in [0.4, 0.5) is 5.69 Å². The van der Waals surface area contributed by atoms with Gasteiger partial charge >= 0.3 is 0 Å². The Balaban J connectivity index is 1.92. The van der Waals surface area contributed by atoms with E-state index in [1.54, 1.807) is 6.20 Å². The number of non-ortho nitro benzene ring substituents is 1. The fraction of sp³-hybridized carbons (Fsp3) is 0.0625. The van der Waals surface area contributed by atoms with Crippen molar-refractivity contribution in [2.45, 2.75) is 6.10 Å². The molecule has 0 aliphatic carbocycles. The van der Waals surface area contributed by atoms with Crippen LogP contribution in [0.1, 0.15) is 22.0 Å². The molecule has 0 amide bonds. The van der Waals surface area contributed by atoms with Gasteiger partial charge in [0.25, 0.3) is 5.69 Å². The smallest absolute Gasteiger partial charge is 0.269 e. The van der Waals surface area contributed by atoms with Crippen LogP contribution in [-0.2, 0) is 0 Å². The number of benzene rings is 2. The second-order valence-corrected chi connectivity index (χ2v) is 4.86. The van der Waals surface area contributed by atoms with E-state index in [-0.39, 0.29) is 11.3 Å². The molecule has 22 heavy (non-hydrogen) atoms. The van der Waals surface area contributed by atoms with Crippen LogP contribution >= 0.6 is 0 Å². The second-order valence-electron chi connectivity index (χ2n) is 4.86. The summed E-state index contributed by atoms with van der Waals surface area (Å²) >= 11 is 0. The normalized spacial score (nSPS) is 12.2. The fourth-order valence-corrected chi connectivity index (χ4v) is 2.37. The number of nitro benzene ring substituents is 1. The average molecular weight is 296 g/mol. The van der Waals surface area contributed by atoms with Crippen LogP contribution in [0.25, 0.3) is 10.9 Å². The highest BCUT2D eigenvalue weighted by molar-refractivity contribution is 6.02. The monoisotopic (exact) mass is 296 g/mol. The number of ketones is 1. The maximum Gasteiger partial charge on any atom is 0.269 e. The lowest BCUT2D eigenvalue weighted by Crippen LogP contribution is -2.12. The molecular formula is C16H12N2O4. The third-order valence-electron chi connectivity index (χ3n) is 3.53. The second kappa shape index (κ2) is 5.42. The first kappa shape index (κ1) is 14.0. The van der Waals surface area contributed by atoms with Gasteiger partial charge in [0.15, 0.2) is 5.78 Å². The van der Waals surface area contributed by atoms with Gasteiger partial charge in [-0.25, -0.2) is 0 Å². The molecule has 0 saturated heterocycles. The molecule has 1 atom stereocenters. The topological polar surface area (TPSA) is 96.2 Å². The summed E-state index contributed by atoms with van der Waals surface area (Å²) in [6.45, 7) is 0. The van der Waals surface area contributed by atoms with Crippen molar-refractivity contribution < 1.29 is 14.8 Å². The van der Waals surface area contributed by atoms with Crippen molar-refractivity contribution in [2.75, 3.05) is 0 Å². The van der Waals surface area contributed by atoms with Crippen LogP contribution in [0, 0.1) is 10.1 Å². The summed E-state index contributed by atoms with van der Waals surface area (Å²) in [5.41, 5.74) is 1.44. The highest BCUT2D eigenvalue weighted by Gasteiger charge is 2.22. The maximum absolute atomic E-state index is 12.3. The first-order chi connectivity index (χ1) is 10.6.